The van der Waals surface area contributed by atoms with Gasteiger partial charge < -0.3 is 19.7 Å². The highest BCUT2D eigenvalue weighted by Gasteiger charge is 2.13. The zero-order chi connectivity index (χ0) is 37.5. The monoisotopic (exact) mass is 713 g/mol. The molecule has 0 aromatic heterocycles. The molecule has 0 amide bonds. The van der Waals surface area contributed by atoms with E-state index in [0.717, 1.165) is 57.3 Å². The lowest BCUT2D eigenvalue weighted by Crippen LogP contribution is -2.25. The van der Waals surface area contributed by atoms with Gasteiger partial charge >= 0.3 is 11.9 Å². The van der Waals surface area contributed by atoms with Crippen molar-refractivity contribution in [2.45, 2.75) is 181 Å². The van der Waals surface area contributed by atoms with Crippen molar-refractivity contribution in [3.63, 3.8) is 0 Å². The Kier molecular flexibility index (Phi) is 36.5. The van der Waals surface area contributed by atoms with Gasteiger partial charge in [-0.2, -0.15) is 0 Å². The number of hydrogen-bond acceptors (Lipinski definition) is 6. The Labute approximate surface area is 313 Å². The summed E-state index contributed by atoms with van der Waals surface area (Å²) < 4.78 is 10.2. The number of ether oxygens (including phenoxy) is 2. The van der Waals surface area contributed by atoms with Crippen LogP contribution in [0.5, 0.6) is 0 Å². The van der Waals surface area contributed by atoms with Gasteiger partial charge in [-0.05, 0) is 50.9 Å². The lowest BCUT2D eigenvalue weighted by Gasteiger charge is -2.12. The molecule has 0 saturated heterocycles. The average Bonchev–Trinajstić information content (AvgIpc) is 3.11. The molecule has 0 aliphatic rings. The van der Waals surface area contributed by atoms with Gasteiger partial charge in [0.05, 0.1) is 6.10 Å². The van der Waals surface area contributed by atoms with Gasteiger partial charge in [-0.15, -0.1) is 0 Å². The molecule has 0 rings (SSSR count). The molecule has 292 valence electrons. The molecule has 0 fully saturated rings. The summed E-state index contributed by atoms with van der Waals surface area (Å²) in [5, 5.41) is 20.1. The molecule has 1 unspecified atom stereocenters. The predicted octanol–water partition coefficient (Wildman–Crippen LogP) is 11.8. The van der Waals surface area contributed by atoms with Gasteiger partial charge in [-0.25, -0.2) is 0 Å². The summed E-state index contributed by atoms with van der Waals surface area (Å²) >= 11 is 0. The minimum absolute atomic E-state index is 0.0302. The van der Waals surface area contributed by atoms with Crippen LogP contribution in [0.4, 0.5) is 0 Å². The van der Waals surface area contributed by atoms with Crippen LogP contribution >= 0.6 is 0 Å². The number of rotatable bonds is 35. The van der Waals surface area contributed by atoms with E-state index in [9.17, 15) is 19.8 Å². The van der Waals surface area contributed by atoms with Crippen LogP contribution in [0.3, 0.4) is 0 Å². The molecular weight excluding hydrogens is 636 g/mol. The molecule has 0 aromatic carbocycles. The summed E-state index contributed by atoms with van der Waals surface area (Å²) in [5.41, 5.74) is 0. The maximum Gasteiger partial charge on any atom is 0.305 e. The van der Waals surface area contributed by atoms with Crippen LogP contribution in [0.15, 0.2) is 72.9 Å². The minimum Gasteiger partial charge on any atom is -0.463 e. The number of carbonyl (C=O) groups is 2. The van der Waals surface area contributed by atoms with E-state index >= 15 is 0 Å². The van der Waals surface area contributed by atoms with E-state index in [0.29, 0.717) is 6.42 Å². The summed E-state index contributed by atoms with van der Waals surface area (Å²) in [6.07, 6.45) is 47.2. The average molecular weight is 713 g/mol. The Hall–Kier alpha value is -2.70. The molecule has 2 atom stereocenters. The van der Waals surface area contributed by atoms with Crippen LogP contribution in [0.1, 0.15) is 168 Å². The predicted molar refractivity (Wildman–Crippen MR) is 215 cm³/mol. The fourth-order valence-electron chi connectivity index (χ4n) is 5.38. The molecule has 0 aromatic rings. The number of hydrogen-bond donors (Lipinski definition) is 2. The van der Waals surface area contributed by atoms with Gasteiger partial charge in [0.15, 0.2) is 0 Å². The van der Waals surface area contributed by atoms with Crippen molar-refractivity contribution in [1.29, 1.82) is 0 Å². The number of unbranched alkanes of at least 4 members (excludes halogenated alkanes) is 13. The van der Waals surface area contributed by atoms with Crippen LogP contribution in [-0.4, -0.2) is 47.6 Å². The standard InChI is InChI=1S/C45H76O6/c1-4-5-6-7-8-9-10-11-12-13-17-20-23-26-29-32-35-42(46)37-38-45(49)51-40-43(47)39-50-44(48)36-33-30-27-24-21-18-15-14-16-19-22-25-28-31-34-41(2)3/h5-6,8-9,11-12,17,20,26,29,32,35,41-43,46-47H,4,7,10,13-16,18-19,21-25,27-28,30-31,33-34,36-40H2,1-3H3/b6-5-,9-8-,12-11-,20-17-,29-26-,35-32-/t42?,43-/m1/s1. The Balaban J connectivity index is 3.66. The van der Waals surface area contributed by atoms with Gasteiger partial charge in [0.2, 0.25) is 0 Å². The highest BCUT2D eigenvalue weighted by Crippen LogP contribution is 2.15. The Morgan fingerprint density at radius 2 is 0.922 bits per heavy atom. The topological polar surface area (TPSA) is 93.1 Å². The zero-order valence-electron chi connectivity index (χ0n) is 32.9. The molecule has 0 saturated carbocycles. The summed E-state index contributed by atoms with van der Waals surface area (Å²) in [6, 6.07) is 0. The molecule has 0 aliphatic heterocycles. The third-order valence-electron chi connectivity index (χ3n) is 8.50. The van der Waals surface area contributed by atoms with Crippen LogP contribution in [0.25, 0.3) is 0 Å². The summed E-state index contributed by atoms with van der Waals surface area (Å²) in [5.74, 6) is 0.00139. The largest absolute Gasteiger partial charge is 0.463 e. The van der Waals surface area contributed by atoms with Crippen LogP contribution in [-0.2, 0) is 19.1 Å². The number of allylic oxidation sites excluding steroid dienone is 11. The van der Waals surface area contributed by atoms with Crippen LogP contribution < -0.4 is 0 Å². The first kappa shape index (κ1) is 48.3. The van der Waals surface area contributed by atoms with Crippen LogP contribution in [0, 0.1) is 5.92 Å². The second kappa shape index (κ2) is 38.5. The maximum atomic E-state index is 12.0. The normalized spacial score (nSPS) is 13.7. The third-order valence-corrected chi connectivity index (χ3v) is 8.50. The Morgan fingerprint density at radius 1 is 0.510 bits per heavy atom. The fraction of sp³-hybridized carbons (Fsp3) is 0.689. The lowest BCUT2D eigenvalue weighted by molar-refractivity contribution is -0.152. The fourth-order valence-corrected chi connectivity index (χ4v) is 5.38. The van der Waals surface area contributed by atoms with E-state index in [2.05, 4.69) is 69.4 Å². The summed E-state index contributed by atoms with van der Waals surface area (Å²) in [7, 11) is 0. The quantitative estimate of drug-likeness (QED) is 0.0294. The molecule has 51 heavy (non-hydrogen) atoms. The first-order chi connectivity index (χ1) is 24.8. The molecule has 0 spiro atoms. The molecule has 2 N–H and O–H groups in total. The van der Waals surface area contributed by atoms with E-state index in [1.165, 1.54) is 77.0 Å². The maximum absolute atomic E-state index is 12.0. The second-order valence-corrected chi connectivity index (χ2v) is 14.1. The number of esters is 2. The third kappa shape index (κ3) is 39.9. The zero-order valence-corrected chi connectivity index (χ0v) is 32.9. The van der Waals surface area contributed by atoms with E-state index in [-0.39, 0.29) is 32.0 Å². The molecule has 6 nitrogen and oxygen atoms in total. The summed E-state index contributed by atoms with van der Waals surface area (Å²) in [4.78, 5) is 24.0. The van der Waals surface area contributed by atoms with Crippen molar-refractivity contribution in [2.24, 2.45) is 5.92 Å². The van der Waals surface area contributed by atoms with Crippen molar-refractivity contribution in [3.8, 4) is 0 Å². The van der Waals surface area contributed by atoms with Crippen molar-refractivity contribution in [3.05, 3.63) is 72.9 Å². The molecule has 0 bridgehead atoms. The van der Waals surface area contributed by atoms with Gasteiger partial charge in [0, 0.05) is 12.8 Å². The first-order valence-electron chi connectivity index (χ1n) is 20.5. The minimum atomic E-state index is -1.06. The number of aliphatic hydroxyl groups excluding tert-OH is 2. The van der Waals surface area contributed by atoms with Crippen LogP contribution in [0.2, 0.25) is 0 Å². The first-order valence-corrected chi connectivity index (χ1v) is 20.5. The molecule has 0 aliphatic carbocycles. The van der Waals surface area contributed by atoms with E-state index in [1.54, 1.807) is 12.2 Å². The van der Waals surface area contributed by atoms with Crippen molar-refractivity contribution in [2.75, 3.05) is 13.2 Å². The highest BCUT2D eigenvalue weighted by molar-refractivity contribution is 5.69. The SMILES string of the molecule is CC/C=C\C/C=C\C/C=C\C/C=C\C/C=C\C=C/C(O)CCC(=O)OC[C@H](O)COC(=O)CCCCCCCCCCCCCCCCC(C)C. The lowest BCUT2D eigenvalue weighted by atomic mass is 10.0. The van der Waals surface area contributed by atoms with Gasteiger partial charge in [-0.1, -0.05) is 184 Å². The van der Waals surface area contributed by atoms with E-state index in [1.807, 2.05) is 12.2 Å². The summed E-state index contributed by atoms with van der Waals surface area (Å²) in [6.45, 7) is 6.32. The van der Waals surface area contributed by atoms with Gasteiger partial charge in [0.1, 0.15) is 19.3 Å². The van der Waals surface area contributed by atoms with E-state index in [4.69, 9.17) is 9.47 Å². The van der Waals surface area contributed by atoms with Crippen molar-refractivity contribution < 1.29 is 29.3 Å². The second-order valence-electron chi connectivity index (χ2n) is 14.1. The molecule has 0 radical (unpaired) electrons. The highest BCUT2D eigenvalue weighted by atomic mass is 16.6. The Bertz CT molecular complexity index is 973. The number of aliphatic hydroxyl groups is 2. The van der Waals surface area contributed by atoms with Crippen molar-refractivity contribution >= 4 is 11.9 Å². The number of carbonyl (C=O) groups excluding carboxylic acids is 2. The molecule has 0 heterocycles. The van der Waals surface area contributed by atoms with Gasteiger partial charge in [-0.3, -0.25) is 9.59 Å². The Morgan fingerprint density at radius 3 is 1.39 bits per heavy atom. The van der Waals surface area contributed by atoms with Gasteiger partial charge in [0.25, 0.3) is 0 Å². The molecule has 6 heteroatoms. The molecular formula is C45H76O6. The van der Waals surface area contributed by atoms with E-state index < -0.39 is 18.2 Å². The smallest absolute Gasteiger partial charge is 0.305 e. The van der Waals surface area contributed by atoms with Crippen molar-refractivity contribution in [1.82, 2.24) is 0 Å².